The fourth-order valence-corrected chi connectivity index (χ4v) is 2.61. The summed E-state index contributed by atoms with van der Waals surface area (Å²) in [5.41, 5.74) is 1.00. The molecule has 0 spiro atoms. The van der Waals surface area contributed by atoms with Crippen LogP contribution in [0.4, 0.5) is 0 Å². The monoisotopic (exact) mass is 328 g/mol. The number of hydrogen-bond acceptors (Lipinski definition) is 4. The number of benzene rings is 1. The second kappa shape index (κ2) is 8.86. The highest BCUT2D eigenvalue weighted by Gasteiger charge is 2.22. The van der Waals surface area contributed by atoms with Gasteiger partial charge < -0.3 is 20.1 Å². The van der Waals surface area contributed by atoms with Crippen LogP contribution in [0, 0.1) is 5.92 Å². The summed E-state index contributed by atoms with van der Waals surface area (Å²) in [6.07, 6.45) is 2.01. The lowest BCUT2D eigenvalue weighted by Crippen LogP contribution is -2.41. The van der Waals surface area contributed by atoms with Crippen molar-refractivity contribution in [2.24, 2.45) is 5.92 Å². The summed E-state index contributed by atoms with van der Waals surface area (Å²) in [5.74, 6) is 1.55. The van der Waals surface area contributed by atoms with E-state index in [4.69, 9.17) is 9.47 Å². The van der Waals surface area contributed by atoms with Crippen molar-refractivity contribution in [2.45, 2.75) is 25.8 Å². The first-order chi connectivity index (χ1) is 10.2. The summed E-state index contributed by atoms with van der Waals surface area (Å²) in [6.45, 7) is 3.76. The van der Waals surface area contributed by atoms with Crippen molar-refractivity contribution in [2.75, 3.05) is 27.3 Å². The Balaban J connectivity index is 0.00000242. The van der Waals surface area contributed by atoms with Gasteiger partial charge in [0.2, 0.25) is 5.91 Å². The molecule has 6 heteroatoms. The molecule has 2 atom stereocenters. The molecule has 1 aliphatic rings. The Kier molecular flexibility index (Phi) is 7.48. The molecule has 1 unspecified atom stereocenters. The van der Waals surface area contributed by atoms with Crippen LogP contribution in [-0.2, 0) is 4.79 Å². The molecule has 1 aromatic carbocycles. The van der Waals surface area contributed by atoms with Crippen LogP contribution in [0.2, 0.25) is 0 Å². The summed E-state index contributed by atoms with van der Waals surface area (Å²) in [5, 5.41) is 6.34. The maximum Gasteiger partial charge on any atom is 0.224 e. The van der Waals surface area contributed by atoms with Crippen molar-refractivity contribution >= 4 is 18.3 Å². The highest BCUT2D eigenvalue weighted by Crippen LogP contribution is 2.30. The largest absolute Gasteiger partial charge is 0.493 e. The molecule has 1 fully saturated rings. The first kappa shape index (κ1) is 18.6. The van der Waals surface area contributed by atoms with Gasteiger partial charge in [-0.2, -0.15) is 0 Å². The second-order valence-electron chi connectivity index (χ2n) is 5.39. The third-order valence-corrected chi connectivity index (χ3v) is 3.93. The number of carbonyl (C=O) groups excluding carboxylic acids is 1. The molecular formula is C16H25ClN2O3. The zero-order chi connectivity index (χ0) is 15.2. The number of carbonyl (C=O) groups is 1. The van der Waals surface area contributed by atoms with E-state index < -0.39 is 0 Å². The lowest BCUT2D eigenvalue weighted by atomic mass is 9.98. The second-order valence-corrected chi connectivity index (χ2v) is 5.39. The number of rotatable bonds is 5. The Labute approximate surface area is 138 Å². The smallest absolute Gasteiger partial charge is 0.224 e. The molecule has 1 amide bonds. The van der Waals surface area contributed by atoms with Crippen LogP contribution in [0.5, 0.6) is 11.5 Å². The zero-order valence-corrected chi connectivity index (χ0v) is 14.2. The first-order valence-corrected chi connectivity index (χ1v) is 7.38. The van der Waals surface area contributed by atoms with E-state index in [2.05, 4.69) is 10.6 Å². The van der Waals surface area contributed by atoms with E-state index >= 15 is 0 Å². The fourth-order valence-electron chi connectivity index (χ4n) is 2.61. The van der Waals surface area contributed by atoms with Crippen LogP contribution in [0.3, 0.4) is 0 Å². The van der Waals surface area contributed by atoms with Crippen molar-refractivity contribution in [3.63, 3.8) is 0 Å². The minimum Gasteiger partial charge on any atom is -0.493 e. The van der Waals surface area contributed by atoms with Gasteiger partial charge in [0.15, 0.2) is 11.5 Å². The van der Waals surface area contributed by atoms with Crippen LogP contribution in [0.25, 0.3) is 0 Å². The highest BCUT2D eigenvalue weighted by atomic mass is 35.5. The van der Waals surface area contributed by atoms with Crippen LogP contribution < -0.4 is 20.1 Å². The molecule has 0 saturated carbocycles. The Hall–Kier alpha value is -1.46. The molecule has 0 aliphatic carbocycles. The summed E-state index contributed by atoms with van der Waals surface area (Å²) >= 11 is 0. The van der Waals surface area contributed by atoms with Gasteiger partial charge in [-0.15, -0.1) is 12.4 Å². The summed E-state index contributed by atoms with van der Waals surface area (Å²) in [7, 11) is 3.22. The number of amides is 1. The van der Waals surface area contributed by atoms with Crippen molar-refractivity contribution in [1.82, 2.24) is 10.6 Å². The van der Waals surface area contributed by atoms with Crippen molar-refractivity contribution in [3.8, 4) is 11.5 Å². The Morgan fingerprint density at radius 3 is 2.64 bits per heavy atom. The van der Waals surface area contributed by atoms with Gasteiger partial charge in [-0.05, 0) is 44.0 Å². The lowest BCUT2D eigenvalue weighted by Gasteiger charge is -2.24. The van der Waals surface area contributed by atoms with Crippen molar-refractivity contribution < 1.29 is 14.3 Å². The molecule has 0 aromatic heterocycles. The van der Waals surface area contributed by atoms with Crippen LogP contribution in [0.1, 0.15) is 31.4 Å². The third kappa shape index (κ3) is 4.52. The maximum atomic E-state index is 12.3. The minimum atomic E-state index is -0.0563. The van der Waals surface area contributed by atoms with Gasteiger partial charge in [0, 0.05) is 6.54 Å². The predicted octanol–water partition coefficient (Wildman–Crippen LogP) is 2.30. The molecule has 1 aliphatic heterocycles. The van der Waals surface area contributed by atoms with Gasteiger partial charge >= 0.3 is 0 Å². The number of methoxy groups -OCH3 is 2. The van der Waals surface area contributed by atoms with Gasteiger partial charge in [-0.1, -0.05) is 6.07 Å². The Morgan fingerprint density at radius 1 is 1.32 bits per heavy atom. The third-order valence-electron chi connectivity index (χ3n) is 3.93. The topological polar surface area (TPSA) is 59.6 Å². The quantitative estimate of drug-likeness (QED) is 0.870. The highest BCUT2D eigenvalue weighted by molar-refractivity contribution is 5.85. The van der Waals surface area contributed by atoms with Gasteiger partial charge in [-0.25, -0.2) is 0 Å². The molecule has 0 bridgehead atoms. The molecular weight excluding hydrogens is 304 g/mol. The number of ether oxygens (including phenoxy) is 2. The van der Waals surface area contributed by atoms with Crippen molar-refractivity contribution in [1.29, 1.82) is 0 Å². The SMILES string of the molecule is COc1ccc(C(C)NC(=O)[C@@H]2CCCNC2)cc1OC.Cl. The predicted molar refractivity (Wildman–Crippen MR) is 88.9 cm³/mol. The Morgan fingerprint density at radius 2 is 2.05 bits per heavy atom. The van der Waals surface area contributed by atoms with E-state index in [1.807, 2.05) is 25.1 Å². The van der Waals surface area contributed by atoms with E-state index in [9.17, 15) is 4.79 Å². The average molecular weight is 329 g/mol. The van der Waals surface area contributed by atoms with Crippen LogP contribution in [0.15, 0.2) is 18.2 Å². The molecule has 5 nitrogen and oxygen atoms in total. The van der Waals surface area contributed by atoms with Gasteiger partial charge in [-0.3, -0.25) is 4.79 Å². The maximum absolute atomic E-state index is 12.3. The van der Waals surface area contributed by atoms with E-state index in [0.717, 1.165) is 31.5 Å². The molecule has 2 rings (SSSR count). The minimum absolute atomic E-state index is 0. The summed E-state index contributed by atoms with van der Waals surface area (Å²) in [4.78, 5) is 12.3. The Bertz CT molecular complexity index is 490. The number of halogens is 1. The normalized spacial score (nSPS) is 18.8. The molecule has 2 N–H and O–H groups in total. The molecule has 124 valence electrons. The number of hydrogen-bond donors (Lipinski definition) is 2. The van der Waals surface area contributed by atoms with Crippen LogP contribution >= 0.6 is 12.4 Å². The standard InChI is InChI=1S/C16H24N2O3.ClH/c1-11(18-16(19)13-5-4-8-17-10-13)12-6-7-14(20-2)15(9-12)21-3;/h6-7,9,11,13,17H,4-5,8,10H2,1-3H3,(H,18,19);1H/t11?,13-;/m1./s1. The van der Waals surface area contributed by atoms with E-state index in [-0.39, 0.29) is 30.3 Å². The molecule has 1 heterocycles. The van der Waals surface area contributed by atoms with Gasteiger partial charge in [0.05, 0.1) is 26.2 Å². The van der Waals surface area contributed by atoms with Gasteiger partial charge in [0.1, 0.15) is 0 Å². The average Bonchev–Trinajstić information content (AvgIpc) is 2.54. The summed E-state index contributed by atoms with van der Waals surface area (Å²) in [6, 6.07) is 5.66. The number of piperidine rings is 1. The summed E-state index contributed by atoms with van der Waals surface area (Å²) < 4.78 is 10.5. The molecule has 1 aromatic rings. The fraction of sp³-hybridized carbons (Fsp3) is 0.562. The molecule has 1 saturated heterocycles. The first-order valence-electron chi connectivity index (χ1n) is 7.38. The number of nitrogens with one attached hydrogen (secondary N) is 2. The lowest BCUT2D eigenvalue weighted by molar-refractivity contribution is -0.126. The molecule has 22 heavy (non-hydrogen) atoms. The molecule has 0 radical (unpaired) electrons. The van der Waals surface area contributed by atoms with Gasteiger partial charge in [0.25, 0.3) is 0 Å². The zero-order valence-electron chi connectivity index (χ0n) is 13.3. The van der Waals surface area contributed by atoms with E-state index in [1.54, 1.807) is 14.2 Å². The van der Waals surface area contributed by atoms with Crippen molar-refractivity contribution in [3.05, 3.63) is 23.8 Å². The van der Waals surface area contributed by atoms with Crippen LogP contribution in [-0.4, -0.2) is 33.2 Å². The van der Waals surface area contributed by atoms with E-state index in [1.165, 1.54) is 0 Å². The van der Waals surface area contributed by atoms with E-state index in [0.29, 0.717) is 11.5 Å².